The molecule has 0 bridgehead atoms. The molecule has 0 spiro atoms. The number of hydrogen-bond donors (Lipinski definition) is 2. The van der Waals surface area contributed by atoms with Crippen LogP contribution >= 0.6 is 11.6 Å². The predicted octanol–water partition coefficient (Wildman–Crippen LogP) is 3.44. The molecule has 2 N–H and O–H groups in total. The number of benzene rings is 1. The van der Waals surface area contributed by atoms with E-state index in [1.54, 1.807) is 13.8 Å². The fourth-order valence-electron chi connectivity index (χ4n) is 2.63. The summed E-state index contributed by atoms with van der Waals surface area (Å²) >= 11 is 6.32. The molecule has 5 nitrogen and oxygen atoms in total. The number of imidazole rings is 1. The minimum Gasteiger partial charge on any atom is -0.389 e. The first-order valence-electron chi connectivity index (χ1n) is 7.31. The molecule has 3 rings (SSSR count). The smallest absolute Gasteiger partial charge is 0.204 e. The van der Waals surface area contributed by atoms with Crippen molar-refractivity contribution in [1.82, 2.24) is 14.5 Å². The van der Waals surface area contributed by atoms with Crippen LogP contribution in [0.25, 0.3) is 21.9 Å². The molecule has 0 fully saturated rings. The zero-order valence-corrected chi connectivity index (χ0v) is 13.6. The Kier molecular flexibility index (Phi) is 3.70. The van der Waals surface area contributed by atoms with Crippen molar-refractivity contribution >= 4 is 39.5 Å². The van der Waals surface area contributed by atoms with Crippen LogP contribution in [0, 0.1) is 0 Å². The van der Waals surface area contributed by atoms with Crippen LogP contribution in [-0.4, -0.2) is 31.8 Å². The Morgan fingerprint density at radius 2 is 2.00 bits per heavy atom. The number of pyridine rings is 1. The van der Waals surface area contributed by atoms with Gasteiger partial charge in [0.2, 0.25) is 5.95 Å². The third-order valence-corrected chi connectivity index (χ3v) is 3.68. The van der Waals surface area contributed by atoms with E-state index in [0.717, 1.165) is 23.0 Å². The van der Waals surface area contributed by atoms with E-state index in [4.69, 9.17) is 11.6 Å². The SMILES string of the molecule is CCNc1nc2c(Cl)nc3ccccc3c2n1CC(C)(C)O. The van der Waals surface area contributed by atoms with Gasteiger partial charge in [-0.3, -0.25) is 0 Å². The van der Waals surface area contributed by atoms with Crippen LogP contribution in [-0.2, 0) is 6.54 Å². The summed E-state index contributed by atoms with van der Waals surface area (Å²) in [5.41, 5.74) is 1.50. The Labute approximate surface area is 133 Å². The van der Waals surface area contributed by atoms with Gasteiger partial charge >= 0.3 is 0 Å². The van der Waals surface area contributed by atoms with Gasteiger partial charge in [-0.05, 0) is 26.8 Å². The summed E-state index contributed by atoms with van der Waals surface area (Å²) in [7, 11) is 0. The van der Waals surface area contributed by atoms with Gasteiger partial charge in [0.05, 0.1) is 23.2 Å². The van der Waals surface area contributed by atoms with Crippen LogP contribution in [0.2, 0.25) is 5.15 Å². The normalized spacial score (nSPS) is 12.2. The molecule has 0 saturated carbocycles. The molecule has 116 valence electrons. The quantitative estimate of drug-likeness (QED) is 0.723. The molecule has 3 aromatic rings. The van der Waals surface area contributed by atoms with Crippen LogP contribution in [0.1, 0.15) is 20.8 Å². The van der Waals surface area contributed by atoms with Gasteiger partial charge in [0.1, 0.15) is 5.52 Å². The Balaban J connectivity index is 2.39. The highest BCUT2D eigenvalue weighted by atomic mass is 35.5. The van der Waals surface area contributed by atoms with Gasteiger partial charge in [-0.1, -0.05) is 29.8 Å². The molecule has 0 unspecified atom stereocenters. The second kappa shape index (κ2) is 5.41. The maximum Gasteiger partial charge on any atom is 0.204 e. The van der Waals surface area contributed by atoms with Crippen molar-refractivity contribution in [2.75, 3.05) is 11.9 Å². The van der Waals surface area contributed by atoms with Gasteiger partial charge in [-0.25, -0.2) is 9.97 Å². The van der Waals surface area contributed by atoms with Crippen LogP contribution in [0.15, 0.2) is 24.3 Å². The fraction of sp³-hybridized carbons (Fsp3) is 0.375. The van der Waals surface area contributed by atoms with E-state index in [1.165, 1.54) is 0 Å². The first-order chi connectivity index (χ1) is 10.4. The number of hydrogen-bond acceptors (Lipinski definition) is 4. The molecule has 1 aromatic carbocycles. The van der Waals surface area contributed by atoms with Crippen LogP contribution in [0.4, 0.5) is 5.95 Å². The van der Waals surface area contributed by atoms with Gasteiger partial charge in [-0.15, -0.1) is 0 Å². The molecule has 0 aliphatic rings. The maximum atomic E-state index is 10.3. The monoisotopic (exact) mass is 318 g/mol. The summed E-state index contributed by atoms with van der Waals surface area (Å²) in [6.07, 6.45) is 0. The highest BCUT2D eigenvalue weighted by Gasteiger charge is 2.22. The van der Waals surface area contributed by atoms with Crippen molar-refractivity contribution in [1.29, 1.82) is 0 Å². The van der Waals surface area contributed by atoms with Crippen molar-refractivity contribution in [2.24, 2.45) is 0 Å². The first-order valence-corrected chi connectivity index (χ1v) is 7.69. The second-order valence-corrected chi connectivity index (χ2v) is 6.34. The maximum absolute atomic E-state index is 10.3. The number of para-hydroxylation sites is 1. The van der Waals surface area contributed by atoms with E-state index in [0.29, 0.717) is 23.2 Å². The predicted molar refractivity (Wildman–Crippen MR) is 90.5 cm³/mol. The van der Waals surface area contributed by atoms with Gasteiger partial charge in [-0.2, -0.15) is 0 Å². The van der Waals surface area contributed by atoms with Crippen molar-refractivity contribution in [2.45, 2.75) is 32.9 Å². The zero-order valence-electron chi connectivity index (χ0n) is 12.9. The number of aromatic nitrogens is 3. The number of aliphatic hydroxyl groups is 1. The average molecular weight is 319 g/mol. The lowest BCUT2D eigenvalue weighted by molar-refractivity contribution is 0.0633. The number of fused-ring (bicyclic) bond motifs is 3. The van der Waals surface area contributed by atoms with Crippen molar-refractivity contribution < 1.29 is 5.11 Å². The molecule has 2 heterocycles. The Hall–Kier alpha value is -1.85. The average Bonchev–Trinajstić information content (AvgIpc) is 2.77. The Bertz CT molecular complexity index is 835. The highest BCUT2D eigenvalue weighted by Crippen LogP contribution is 2.32. The molecule has 2 aromatic heterocycles. The number of anilines is 1. The molecule has 0 aliphatic heterocycles. The van der Waals surface area contributed by atoms with Crippen molar-refractivity contribution in [3.05, 3.63) is 29.4 Å². The molecular formula is C16H19ClN4O. The summed E-state index contributed by atoms with van der Waals surface area (Å²) in [4.78, 5) is 9.00. The molecule has 0 amide bonds. The number of nitrogens with one attached hydrogen (secondary N) is 1. The van der Waals surface area contributed by atoms with Gasteiger partial charge in [0.15, 0.2) is 5.15 Å². The Morgan fingerprint density at radius 3 is 2.68 bits per heavy atom. The van der Waals surface area contributed by atoms with Crippen LogP contribution < -0.4 is 5.32 Å². The number of nitrogens with zero attached hydrogens (tertiary/aromatic N) is 3. The Morgan fingerprint density at radius 1 is 1.27 bits per heavy atom. The minimum absolute atomic E-state index is 0.377. The topological polar surface area (TPSA) is 63.0 Å². The molecule has 0 saturated heterocycles. The van der Waals surface area contributed by atoms with Crippen molar-refractivity contribution in [3.8, 4) is 0 Å². The van der Waals surface area contributed by atoms with Gasteiger partial charge < -0.3 is 15.0 Å². The summed E-state index contributed by atoms with van der Waals surface area (Å²) in [6.45, 7) is 6.71. The van der Waals surface area contributed by atoms with E-state index in [1.807, 2.05) is 35.8 Å². The van der Waals surface area contributed by atoms with Crippen LogP contribution in [0.3, 0.4) is 0 Å². The first kappa shape index (κ1) is 15.1. The third-order valence-electron chi connectivity index (χ3n) is 3.42. The molecule has 6 heteroatoms. The van der Waals surface area contributed by atoms with Gasteiger partial charge in [0, 0.05) is 11.9 Å². The van der Waals surface area contributed by atoms with E-state index in [-0.39, 0.29) is 0 Å². The molecule has 0 atom stereocenters. The largest absolute Gasteiger partial charge is 0.389 e. The molecule has 0 radical (unpaired) electrons. The highest BCUT2D eigenvalue weighted by molar-refractivity contribution is 6.35. The minimum atomic E-state index is -0.866. The summed E-state index contributed by atoms with van der Waals surface area (Å²) in [5.74, 6) is 0.694. The number of halogens is 1. The summed E-state index contributed by atoms with van der Waals surface area (Å²) in [6, 6.07) is 7.82. The molecule has 0 aliphatic carbocycles. The summed E-state index contributed by atoms with van der Waals surface area (Å²) < 4.78 is 1.98. The van der Waals surface area contributed by atoms with Crippen molar-refractivity contribution in [3.63, 3.8) is 0 Å². The van der Waals surface area contributed by atoms with E-state index >= 15 is 0 Å². The van der Waals surface area contributed by atoms with E-state index in [2.05, 4.69) is 15.3 Å². The van der Waals surface area contributed by atoms with E-state index < -0.39 is 5.60 Å². The van der Waals surface area contributed by atoms with Gasteiger partial charge in [0.25, 0.3) is 0 Å². The lowest BCUT2D eigenvalue weighted by Gasteiger charge is -2.20. The lowest BCUT2D eigenvalue weighted by Crippen LogP contribution is -2.27. The van der Waals surface area contributed by atoms with Crippen LogP contribution in [0.5, 0.6) is 0 Å². The lowest BCUT2D eigenvalue weighted by atomic mass is 10.1. The molecular weight excluding hydrogens is 300 g/mol. The van der Waals surface area contributed by atoms with E-state index in [9.17, 15) is 5.11 Å². The second-order valence-electron chi connectivity index (χ2n) is 5.98. The zero-order chi connectivity index (χ0) is 15.9. The standard InChI is InChI=1S/C16H19ClN4O/c1-4-18-15-20-12-13(21(15)9-16(2,3)22)10-7-5-6-8-11(10)19-14(12)17/h5-8,22H,4,9H2,1-3H3,(H,18,20). The fourth-order valence-corrected chi connectivity index (χ4v) is 2.86. The molecule has 22 heavy (non-hydrogen) atoms. The number of rotatable bonds is 4. The summed E-state index contributed by atoms with van der Waals surface area (Å²) in [5, 5.41) is 14.8. The third kappa shape index (κ3) is 2.62.